The average molecular weight is 487 g/mol. The minimum absolute atomic E-state index is 0.151. The normalized spacial score (nSPS) is 12.3. The van der Waals surface area contributed by atoms with E-state index in [2.05, 4.69) is 0 Å². The summed E-state index contributed by atoms with van der Waals surface area (Å²) in [6.07, 6.45) is -0.236. The number of aliphatic carboxylic acids is 1. The zero-order chi connectivity index (χ0) is 26.1. The molecule has 0 spiro atoms. The van der Waals surface area contributed by atoms with Crippen LogP contribution in [0.25, 0.3) is 0 Å². The van der Waals surface area contributed by atoms with Crippen LogP contribution in [0.4, 0.5) is 0 Å². The fraction of sp³-hybridized carbons (Fsp3) is 0.241. The number of ketones is 1. The molecule has 0 saturated carbocycles. The van der Waals surface area contributed by atoms with Gasteiger partial charge in [-0.2, -0.15) is 0 Å². The summed E-state index contributed by atoms with van der Waals surface area (Å²) in [5.74, 6) is -1.35. The number of hydrogen-bond acceptors (Lipinski definition) is 6. The van der Waals surface area contributed by atoms with Gasteiger partial charge in [-0.1, -0.05) is 54.6 Å². The average Bonchev–Trinajstić information content (AvgIpc) is 2.86. The van der Waals surface area contributed by atoms with Crippen molar-refractivity contribution in [3.05, 3.63) is 95.6 Å². The molecule has 36 heavy (non-hydrogen) atoms. The number of carboxylic acid groups (broad SMARTS) is 1. The van der Waals surface area contributed by atoms with Gasteiger partial charge in [-0.15, -0.1) is 0 Å². The van der Waals surface area contributed by atoms with Crippen molar-refractivity contribution < 1.29 is 24.2 Å². The summed E-state index contributed by atoms with van der Waals surface area (Å²) in [6, 6.07) is 23.9. The van der Waals surface area contributed by atoms with E-state index in [0.29, 0.717) is 29.4 Å². The van der Waals surface area contributed by atoms with Gasteiger partial charge in [0, 0.05) is 11.6 Å². The molecule has 0 aliphatic carbocycles. The van der Waals surface area contributed by atoms with E-state index in [0.717, 1.165) is 11.1 Å². The van der Waals surface area contributed by atoms with E-state index in [1.807, 2.05) is 54.6 Å². The van der Waals surface area contributed by atoms with Crippen LogP contribution in [-0.2, 0) is 16.2 Å². The lowest BCUT2D eigenvalue weighted by molar-refractivity contribution is -0.137. The highest BCUT2D eigenvalue weighted by Gasteiger charge is 2.30. The Labute approximate surface area is 210 Å². The number of hydrogen-bond donors (Lipinski definition) is 3. The molecule has 0 heterocycles. The molecule has 0 amide bonds. The van der Waals surface area contributed by atoms with Crippen LogP contribution in [0.3, 0.4) is 0 Å². The highest BCUT2D eigenvalue weighted by Crippen LogP contribution is 2.31. The predicted molar refractivity (Wildman–Crippen MR) is 139 cm³/mol. The Balaban J connectivity index is 1.57. The largest absolute Gasteiger partial charge is 0.489 e. The fourth-order valence-corrected chi connectivity index (χ4v) is 4.04. The zero-order valence-electron chi connectivity index (χ0n) is 20.4. The van der Waals surface area contributed by atoms with Gasteiger partial charge in [0.25, 0.3) is 0 Å². The maximum atomic E-state index is 12.1. The zero-order valence-corrected chi connectivity index (χ0v) is 20.4. The Kier molecular flexibility index (Phi) is 9.11. The summed E-state index contributed by atoms with van der Waals surface area (Å²) in [5, 5.41) is 25.4. The van der Waals surface area contributed by atoms with E-state index in [-0.39, 0.29) is 24.5 Å². The summed E-state index contributed by atoms with van der Waals surface area (Å²) >= 11 is 0. The molecule has 3 N–H and O–H groups in total. The number of nitrogens with one attached hydrogen (secondary N) is 2. The van der Waals surface area contributed by atoms with Crippen LogP contribution >= 0.6 is 0 Å². The van der Waals surface area contributed by atoms with Gasteiger partial charge < -0.3 is 25.4 Å². The van der Waals surface area contributed by atoms with E-state index < -0.39 is 17.8 Å². The molecular formula is C29H30N2O5. The molecule has 0 fully saturated rings. The van der Waals surface area contributed by atoms with E-state index in [1.54, 1.807) is 24.3 Å². The van der Waals surface area contributed by atoms with Crippen molar-refractivity contribution in [2.24, 2.45) is 5.92 Å². The van der Waals surface area contributed by atoms with Gasteiger partial charge >= 0.3 is 5.97 Å². The lowest BCUT2D eigenvalue weighted by Gasteiger charge is -2.24. The number of Topliss-reactive ketones (excluding diaryl/α,β-unsaturated/α-hetero) is 1. The molecule has 7 nitrogen and oxygen atoms in total. The Bertz CT molecular complexity index is 1190. The van der Waals surface area contributed by atoms with Crippen LogP contribution in [0.15, 0.2) is 78.9 Å². The number of carbonyl (C=O) groups is 2. The second-order valence-corrected chi connectivity index (χ2v) is 8.61. The Morgan fingerprint density at radius 3 is 1.97 bits per heavy atom. The van der Waals surface area contributed by atoms with Gasteiger partial charge in [0.2, 0.25) is 0 Å². The minimum Gasteiger partial charge on any atom is -0.489 e. The summed E-state index contributed by atoms with van der Waals surface area (Å²) in [7, 11) is 0. The molecular weight excluding hydrogens is 456 g/mol. The van der Waals surface area contributed by atoms with E-state index in [1.165, 1.54) is 13.8 Å². The molecule has 3 rings (SSSR count). The first kappa shape index (κ1) is 26.3. The number of carbonyl (C=O) groups excluding carboxylic acids is 1. The maximum Gasteiger partial charge on any atom is 0.304 e. The lowest BCUT2D eigenvalue weighted by Crippen LogP contribution is -2.28. The van der Waals surface area contributed by atoms with Crippen LogP contribution in [-0.4, -0.2) is 34.9 Å². The molecule has 2 unspecified atom stereocenters. The standard InChI is InChI=1S/C29H30N2O5/c1-19(30)29(20(2)32)26(16-28(33)34)22-10-14-25(15-11-22)35-17-21-8-12-24(13-9-21)36-18-27(31)23-6-4-3-5-7-23/h3-15,26,29-31H,16-18H2,1-2H3,(H,33,34). The molecule has 3 aromatic rings. The topological polar surface area (TPSA) is 121 Å². The predicted octanol–water partition coefficient (Wildman–Crippen LogP) is 5.52. The van der Waals surface area contributed by atoms with Crippen molar-refractivity contribution in [1.82, 2.24) is 0 Å². The SMILES string of the molecule is CC(=N)C(C(C)=O)C(CC(=O)O)c1ccc(OCc2ccc(OCC(=N)c3ccccc3)cc2)cc1. The van der Waals surface area contributed by atoms with E-state index >= 15 is 0 Å². The maximum absolute atomic E-state index is 12.1. The third-order valence-corrected chi connectivity index (χ3v) is 5.84. The Hall–Kier alpha value is -4.26. The summed E-state index contributed by atoms with van der Waals surface area (Å²) in [6.45, 7) is 3.42. The summed E-state index contributed by atoms with van der Waals surface area (Å²) in [4.78, 5) is 23.5. The molecule has 0 aliphatic rings. The number of benzene rings is 3. The lowest BCUT2D eigenvalue weighted by atomic mass is 9.79. The molecule has 3 aromatic carbocycles. The molecule has 0 aliphatic heterocycles. The Morgan fingerprint density at radius 1 is 0.833 bits per heavy atom. The molecule has 2 atom stereocenters. The highest BCUT2D eigenvalue weighted by molar-refractivity contribution is 6.03. The quantitative estimate of drug-likeness (QED) is 0.275. The van der Waals surface area contributed by atoms with Crippen molar-refractivity contribution in [2.75, 3.05) is 6.61 Å². The second-order valence-electron chi connectivity index (χ2n) is 8.61. The van der Waals surface area contributed by atoms with Gasteiger partial charge in [0.15, 0.2) is 0 Å². The third kappa shape index (κ3) is 7.37. The van der Waals surface area contributed by atoms with Crippen LogP contribution in [0.5, 0.6) is 11.5 Å². The van der Waals surface area contributed by atoms with Crippen molar-refractivity contribution in [3.8, 4) is 11.5 Å². The van der Waals surface area contributed by atoms with Gasteiger partial charge in [-0.3, -0.25) is 9.59 Å². The van der Waals surface area contributed by atoms with E-state index in [4.69, 9.17) is 20.3 Å². The fourth-order valence-electron chi connectivity index (χ4n) is 4.04. The number of carboxylic acids is 1. The molecule has 0 saturated heterocycles. The Morgan fingerprint density at radius 2 is 1.42 bits per heavy atom. The first-order chi connectivity index (χ1) is 17.2. The van der Waals surface area contributed by atoms with Crippen molar-refractivity contribution in [3.63, 3.8) is 0 Å². The van der Waals surface area contributed by atoms with Gasteiger partial charge in [0.1, 0.15) is 30.5 Å². The molecule has 0 bridgehead atoms. The minimum atomic E-state index is -1.02. The summed E-state index contributed by atoms with van der Waals surface area (Å²) in [5.41, 5.74) is 3.00. The first-order valence-electron chi connectivity index (χ1n) is 11.6. The van der Waals surface area contributed by atoms with Gasteiger partial charge in [0.05, 0.1) is 18.1 Å². The van der Waals surface area contributed by atoms with Gasteiger partial charge in [-0.05, 0) is 54.8 Å². The number of rotatable bonds is 13. The van der Waals surface area contributed by atoms with Crippen molar-refractivity contribution in [2.45, 2.75) is 32.8 Å². The molecule has 7 heteroatoms. The second kappa shape index (κ2) is 12.4. The van der Waals surface area contributed by atoms with Crippen LogP contribution in [0.2, 0.25) is 0 Å². The van der Waals surface area contributed by atoms with E-state index in [9.17, 15) is 14.7 Å². The van der Waals surface area contributed by atoms with Crippen LogP contribution < -0.4 is 9.47 Å². The smallest absolute Gasteiger partial charge is 0.304 e. The molecule has 0 radical (unpaired) electrons. The highest BCUT2D eigenvalue weighted by atomic mass is 16.5. The monoisotopic (exact) mass is 486 g/mol. The number of ether oxygens (including phenoxy) is 2. The van der Waals surface area contributed by atoms with Crippen molar-refractivity contribution >= 4 is 23.2 Å². The molecule has 186 valence electrons. The first-order valence-corrected chi connectivity index (χ1v) is 11.6. The van der Waals surface area contributed by atoms with Crippen LogP contribution in [0.1, 0.15) is 42.9 Å². The molecule has 0 aromatic heterocycles. The third-order valence-electron chi connectivity index (χ3n) is 5.84. The van der Waals surface area contributed by atoms with Crippen molar-refractivity contribution in [1.29, 1.82) is 10.8 Å². The summed E-state index contributed by atoms with van der Waals surface area (Å²) < 4.78 is 11.6. The van der Waals surface area contributed by atoms with Crippen LogP contribution in [0, 0.1) is 16.7 Å². The van der Waals surface area contributed by atoms with Gasteiger partial charge in [-0.25, -0.2) is 0 Å².